The number of aryl methyl sites for hydroxylation is 1. The van der Waals surface area contributed by atoms with Crippen LogP contribution in [-0.2, 0) is 14.3 Å². The number of ether oxygens (including phenoxy) is 2. The van der Waals surface area contributed by atoms with E-state index in [4.69, 9.17) is 9.47 Å². The van der Waals surface area contributed by atoms with E-state index >= 15 is 0 Å². The predicted molar refractivity (Wildman–Crippen MR) is 133 cm³/mol. The van der Waals surface area contributed by atoms with Crippen LogP contribution in [0.1, 0.15) is 18.1 Å². The molecule has 178 valence electrons. The van der Waals surface area contributed by atoms with Crippen molar-refractivity contribution in [2.75, 3.05) is 49.7 Å². The highest BCUT2D eigenvalue weighted by Crippen LogP contribution is 2.33. The van der Waals surface area contributed by atoms with Crippen molar-refractivity contribution in [2.24, 2.45) is 0 Å². The zero-order valence-electron chi connectivity index (χ0n) is 19.2. The van der Waals surface area contributed by atoms with Crippen LogP contribution in [0.25, 0.3) is 6.08 Å². The van der Waals surface area contributed by atoms with Gasteiger partial charge in [0.1, 0.15) is 12.3 Å². The molecule has 2 aliphatic rings. The number of anilines is 2. The monoisotopic (exact) mass is 481 g/mol. The Morgan fingerprint density at radius 1 is 1.15 bits per heavy atom. The molecule has 2 aromatic carbocycles. The Morgan fingerprint density at radius 2 is 1.88 bits per heavy atom. The molecule has 0 atom stereocenters. The van der Waals surface area contributed by atoms with Crippen molar-refractivity contribution >= 4 is 46.3 Å². The van der Waals surface area contributed by atoms with E-state index in [1.54, 1.807) is 30.3 Å². The van der Waals surface area contributed by atoms with Crippen molar-refractivity contribution in [1.29, 1.82) is 0 Å². The van der Waals surface area contributed by atoms with Crippen LogP contribution >= 0.6 is 11.8 Å². The van der Waals surface area contributed by atoms with E-state index in [0.29, 0.717) is 36.2 Å². The molecule has 0 bridgehead atoms. The number of morpholine rings is 1. The molecule has 0 spiro atoms. The summed E-state index contributed by atoms with van der Waals surface area (Å²) >= 11 is 0.848. The van der Waals surface area contributed by atoms with Gasteiger partial charge in [-0.1, -0.05) is 6.07 Å². The molecular weight excluding hydrogens is 454 g/mol. The Hall–Kier alpha value is -3.30. The van der Waals surface area contributed by atoms with Gasteiger partial charge in [-0.3, -0.25) is 19.3 Å². The van der Waals surface area contributed by atoms with Crippen LogP contribution < -0.4 is 15.0 Å². The molecule has 0 saturated carbocycles. The molecule has 2 aliphatic heterocycles. The molecule has 2 heterocycles. The normalized spacial score (nSPS) is 17.4. The van der Waals surface area contributed by atoms with Crippen molar-refractivity contribution in [2.45, 2.75) is 13.8 Å². The molecule has 4 rings (SSSR count). The zero-order chi connectivity index (χ0) is 24.1. The largest absolute Gasteiger partial charge is 0.494 e. The van der Waals surface area contributed by atoms with Gasteiger partial charge >= 0.3 is 0 Å². The predicted octanol–water partition coefficient (Wildman–Crippen LogP) is 3.91. The summed E-state index contributed by atoms with van der Waals surface area (Å²) in [6.45, 7) is 7.18. The quantitative estimate of drug-likeness (QED) is 0.600. The number of imide groups is 1. The summed E-state index contributed by atoms with van der Waals surface area (Å²) < 4.78 is 10.8. The second kappa shape index (κ2) is 10.8. The van der Waals surface area contributed by atoms with Crippen molar-refractivity contribution in [3.63, 3.8) is 0 Å². The Balaban J connectivity index is 1.40. The van der Waals surface area contributed by atoms with Gasteiger partial charge in [0.2, 0.25) is 5.91 Å². The lowest BCUT2D eigenvalue weighted by molar-refractivity contribution is -0.127. The molecule has 0 aromatic heterocycles. The fourth-order valence-electron chi connectivity index (χ4n) is 3.76. The molecule has 0 aliphatic carbocycles. The number of hydrogen-bond acceptors (Lipinski definition) is 7. The van der Waals surface area contributed by atoms with Gasteiger partial charge in [-0.05, 0) is 79.2 Å². The Labute approximate surface area is 202 Å². The zero-order valence-corrected chi connectivity index (χ0v) is 20.0. The van der Waals surface area contributed by atoms with Gasteiger partial charge in [-0.25, -0.2) is 0 Å². The number of thioether (sulfide) groups is 1. The maximum Gasteiger partial charge on any atom is 0.294 e. The van der Waals surface area contributed by atoms with E-state index in [-0.39, 0.29) is 6.54 Å². The molecule has 0 unspecified atom stereocenters. The third-order valence-electron chi connectivity index (χ3n) is 5.54. The number of nitrogens with one attached hydrogen (secondary N) is 1. The van der Waals surface area contributed by atoms with Crippen LogP contribution in [-0.4, -0.2) is 61.4 Å². The first kappa shape index (κ1) is 23.8. The number of hydrogen-bond donors (Lipinski definition) is 1. The Kier molecular flexibility index (Phi) is 7.54. The molecule has 1 N–H and O–H groups in total. The molecule has 9 heteroatoms. The minimum atomic E-state index is -0.464. The van der Waals surface area contributed by atoms with E-state index in [9.17, 15) is 14.4 Å². The minimum Gasteiger partial charge on any atom is -0.494 e. The fourth-order valence-corrected chi connectivity index (χ4v) is 4.59. The SMILES string of the molecule is CCOc1ccc(NC(=O)CN2C(=O)S/C(=C\c3ccc(N4CCOCC4)cc3C)C2=O)cc1. The molecule has 2 aromatic rings. The van der Waals surface area contributed by atoms with Gasteiger partial charge in [-0.15, -0.1) is 0 Å². The summed E-state index contributed by atoms with van der Waals surface area (Å²) in [6, 6.07) is 12.9. The van der Waals surface area contributed by atoms with Gasteiger partial charge in [0.05, 0.1) is 24.7 Å². The van der Waals surface area contributed by atoms with E-state index in [2.05, 4.69) is 16.3 Å². The number of benzene rings is 2. The van der Waals surface area contributed by atoms with Gasteiger partial charge in [0, 0.05) is 24.5 Å². The molecule has 2 saturated heterocycles. The minimum absolute atomic E-state index is 0.307. The van der Waals surface area contributed by atoms with Gasteiger partial charge in [0.25, 0.3) is 11.1 Å². The second-order valence-electron chi connectivity index (χ2n) is 7.91. The third-order valence-corrected chi connectivity index (χ3v) is 6.45. The molecule has 2 fully saturated rings. The average molecular weight is 482 g/mol. The van der Waals surface area contributed by atoms with Gasteiger partial charge < -0.3 is 19.7 Å². The highest BCUT2D eigenvalue weighted by molar-refractivity contribution is 8.18. The van der Waals surface area contributed by atoms with E-state index < -0.39 is 17.1 Å². The fraction of sp³-hybridized carbons (Fsp3) is 0.320. The summed E-state index contributed by atoms with van der Waals surface area (Å²) in [4.78, 5) is 41.3. The Bertz CT molecular complexity index is 1110. The molecule has 34 heavy (non-hydrogen) atoms. The topological polar surface area (TPSA) is 88.2 Å². The summed E-state index contributed by atoms with van der Waals surface area (Å²) in [5.74, 6) is -0.211. The highest BCUT2D eigenvalue weighted by Gasteiger charge is 2.36. The van der Waals surface area contributed by atoms with E-state index in [0.717, 1.165) is 46.6 Å². The van der Waals surface area contributed by atoms with Crippen LogP contribution in [0.5, 0.6) is 5.75 Å². The number of amides is 3. The highest BCUT2D eigenvalue weighted by atomic mass is 32.2. The lowest BCUT2D eigenvalue weighted by atomic mass is 10.1. The molecule has 0 radical (unpaired) electrons. The van der Waals surface area contributed by atoms with Crippen LogP contribution in [0.15, 0.2) is 47.4 Å². The van der Waals surface area contributed by atoms with E-state index in [1.807, 2.05) is 26.0 Å². The average Bonchev–Trinajstić information content (AvgIpc) is 3.09. The maximum atomic E-state index is 12.8. The number of carbonyl (C=O) groups excluding carboxylic acids is 3. The van der Waals surface area contributed by atoms with Crippen LogP contribution in [0.4, 0.5) is 16.2 Å². The summed E-state index contributed by atoms with van der Waals surface area (Å²) in [7, 11) is 0. The Morgan fingerprint density at radius 3 is 2.56 bits per heavy atom. The first-order valence-corrected chi connectivity index (χ1v) is 12.0. The lowest BCUT2D eigenvalue weighted by Gasteiger charge is -2.29. The van der Waals surface area contributed by atoms with Crippen molar-refractivity contribution in [3.05, 3.63) is 58.5 Å². The van der Waals surface area contributed by atoms with Crippen LogP contribution in [0.2, 0.25) is 0 Å². The lowest BCUT2D eigenvalue weighted by Crippen LogP contribution is -2.36. The van der Waals surface area contributed by atoms with E-state index in [1.165, 1.54) is 0 Å². The van der Waals surface area contributed by atoms with Gasteiger partial charge in [-0.2, -0.15) is 0 Å². The summed E-state index contributed by atoms with van der Waals surface area (Å²) in [5, 5.41) is 2.25. The number of rotatable bonds is 7. The standard InChI is InChI=1S/C25H27N3O5S/c1-3-33-21-8-5-19(6-9-21)26-23(29)16-28-24(30)22(34-25(28)31)15-18-4-7-20(14-17(18)2)27-10-12-32-13-11-27/h4-9,14-15H,3,10-13,16H2,1-2H3,(H,26,29)/b22-15-. The first-order chi connectivity index (χ1) is 16.4. The third kappa shape index (κ3) is 5.60. The smallest absolute Gasteiger partial charge is 0.294 e. The summed E-state index contributed by atoms with van der Waals surface area (Å²) in [5.41, 5.74) is 3.54. The molecular formula is C25H27N3O5S. The molecule has 3 amide bonds. The van der Waals surface area contributed by atoms with Gasteiger partial charge in [0.15, 0.2) is 0 Å². The van der Waals surface area contributed by atoms with Crippen molar-refractivity contribution < 1.29 is 23.9 Å². The maximum absolute atomic E-state index is 12.8. The second-order valence-corrected chi connectivity index (χ2v) is 8.91. The first-order valence-electron chi connectivity index (χ1n) is 11.2. The summed E-state index contributed by atoms with van der Waals surface area (Å²) in [6.07, 6.45) is 1.72. The number of nitrogens with zero attached hydrogens (tertiary/aromatic N) is 2. The number of carbonyl (C=O) groups is 3. The van der Waals surface area contributed by atoms with Crippen molar-refractivity contribution in [3.8, 4) is 5.75 Å². The van der Waals surface area contributed by atoms with Crippen molar-refractivity contribution in [1.82, 2.24) is 4.90 Å². The van der Waals surface area contributed by atoms with Crippen LogP contribution in [0, 0.1) is 6.92 Å². The van der Waals surface area contributed by atoms with Crippen LogP contribution in [0.3, 0.4) is 0 Å². The molecule has 8 nitrogen and oxygen atoms in total.